The lowest BCUT2D eigenvalue weighted by molar-refractivity contribution is -0.115. The number of carbonyl (C=O) groups excluding carboxylic acids is 1. The molecule has 3 N–H and O–H groups in total. The molecule has 1 aromatic carbocycles. The van der Waals surface area contributed by atoms with Crippen LogP contribution in [0.15, 0.2) is 24.3 Å². The molecule has 0 bridgehead atoms. The first-order valence-corrected chi connectivity index (χ1v) is 6.73. The SMILES string of the molecule is Cc1ccccc1NC(=O)C(C)SCC(N)=S. The second kappa shape index (κ2) is 6.61. The molecule has 0 aliphatic heterocycles. The fourth-order valence-corrected chi connectivity index (χ4v) is 2.06. The molecular formula is C12H16N2OS2. The van der Waals surface area contributed by atoms with E-state index in [-0.39, 0.29) is 11.2 Å². The van der Waals surface area contributed by atoms with Gasteiger partial charge in [-0.05, 0) is 25.5 Å². The van der Waals surface area contributed by atoms with Crippen LogP contribution in [0.4, 0.5) is 5.69 Å². The van der Waals surface area contributed by atoms with E-state index in [1.165, 1.54) is 11.8 Å². The summed E-state index contributed by atoms with van der Waals surface area (Å²) < 4.78 is 0. The van der Waals surface area contributed by atoms with Crippen LogP contribution in [0.2, 0.25) is 0 Å². The molecule has 1 atom stereocenters. The maximum absolute atomic E-state index is 11.9. The van der Waals surface area contributed by atoms with Crippen molar-refractivity contribution in [2.45, 2.75) is 19.1 Å². The monoisotopic (exact) mass is 268 g/mol. The van der Waals surface area contributed by atoms with E-state index in [1.807, 2.05) is 38.1 Å². The molecule has 1 amide bonds. The highest BCUT2D eigenvalue weighted by Crippen LogP contribution is 2.16. The minimum absolute atomic E-state index is 0.0273. The van der Waals surface area contributed by atoms with Crippen molar-refractivity contribution in [3.05, 3.63) is 29.8 Å². The molecular weight excluding hydrogens is 252 g/mol. The number of aryl methyl sites for hydroxylation is 1. The summed E-state index contributed by atoms with van der Waals surface area (Å²) in [5.41, 5.74) is 7.29. The summed E-state index contributed by atoms with van der Waals surface area (Å²) in [6, 6.07) is 7.69. The molecule has 0 aromatic heterocycles. The number of hydrogen-bond donors (Lipinski definition) is 2. The zero-order valence-corrected chi connectivity index (χ0v) is 11.5. The van der Waals surface area contributed by atoms with Crippen molar-refractivity contribution in [2.24, 2.45) is 5.73 Å². The van der Waals surface area contributed by atoms with E-state index in [9.17, 15) is 4.79 Å². The molecule has 1 unspecified atom stereocenters. The summed E-state index contributed by atoms with van der Waals surface area (Å²) in [7, 11) is 0. The lowest BCUT2D eigenvalue weighted by atomic mass is 10.2. The molecule has 0 aliphatic carbocycles. The van der Waals surface area contributed by atoms with Crippen LogP contribution < -0.4 is 11.1 Å². The first-order chi connectivity index (χ1) is 8.00. The van der Waals surface area contributed by atoms with Crippen LogP contribution in [0.3, 0.4) is 0 Å². The van der Waals surface area contributed by atoms with Gasteiger partial charge < -0.3 is 11.1 Å². The fraction of sp³-hybridized carbons (Fsp3) is 0.333. The lowest BCUT2D eigenvalue weighted by Gasteiger charge is -2.13. The summed E-state index contributed by atoms with van der Waals surface area (Å²) in [5, 5.41) is 2.72. The number of thioether (sulfide) groups is 1. The number of thiocarbonyl (C=S) groups is 1. The Hall–Kier alpha value is -1.07. The molecule has 92 valence electrons. The van der Waals surface area contributed by atoms with Gasteiger partial charge >= 0.3 is 0 Å². The third-order valence-electron chi connectivity index (χ3n) is 2.25. The first kappa shape index (κ1) is 14.0. The van der Waals surface area contributed by atoms with Gasteiger partial charge in [0.25, 0.3) is 0 Å². The highest BCUT2D eigenvalue weighted by atomic mass is 32.2. The number of amides is 1. The van der Waals surface area contributed by atoms with E-state index in [0.717, 1.165) is 11.3 Å². The molecule has 0 radical (unpaired) electrons. The third-order valence-corrected chi connectivity index (χ3v) is 3.77. The number of carbonyl (C=O) groups is 1. The second-order valence-corrected chi connectivity index (χ2v) is 5.58. The quantitative estimate of drug-likeness (QED) is 0.805. The number of nitrogens with one attached hydrogen (secondary N) is 1. The van der Waals surface area contributed by atoms with Crippen LogP contribution in [0.5, 0.6) is 0 Å². The number of benzene rings is 1. The van der Waals surface area contributed by atoms with Crippen molar-refractivity contribution < 1.29 is 4.79 Å². The Morgan fingerprint density at radius 1 is 1.53 bits per heavy atom. The summed E-state index contributed by atoms with van der Waals surface area (Å²) >= 11 is 6.22. The highest BCUT2D eigenvalue weighted by molar-refractivity contribution is 8.02. The van der Waals surface area contributed by atoms with Gasteiger partial charge in [-0.2, -0.15) is 0 Å². The van der Waals surface area contributed by atoms with Crippen molar-refractivity contribution >= 4 is 40.6 Å². The van der Waals surface area contributed by atoms with Crippen LogP contribution in [-0.2, 0) is 4.79 Å². The van der Waals surface area contributed by atoms with Gasteiger partial charge in [0.05, 0.1) is 10.2 Å². The van der Waals surface area contributed by atoms with Gasteiger partial charge in [0.2, 0.25) is 5.91 Å². The minimum atomic E-state index is -0.170. The zero-order valence-electron chi connectivity index (χ0n) is 9.90. The predicted octanol–water partition coefficient (Wildman–Crippen LogP) is 2.34. The van der Waals surface area contributed by atoms with Gasteiger partial charge in [-0.1, -0.05) is 30.4 Å². The predicted molar refractivity (Wildman–Crippen MR) is 78.5 cm³/mol. The van der Waals surface area contributed by atoms with Gasteiger partial charge in [0.1, 0.15) is 0 Å². The highest BCUT2D eigenvalue weighted by Gasteiger charge is 2.14. The van der Waals surface area contributed by atoms with Gasteiger partial charge in [-0.3, -0.25) is 4.79 Å². The number of anilines is 1. The van der Waals surface area contributed by atoms with E-state index in [1.54, 1.807) is 0 Å². The maximum atomic E-state index is 11.9. The van der Waals surface area contributed by atoms with E-state index in [4.69, 9.17) is 18.0 Å². The Morgan fingerprint density at radius 3 is 2.76 bits per heavy atom. The third kappa shape index (κ3) is 4.75. The molecule has 3 nitrogen and oxygen atoms in total. The van der Waals surface area contributed by atoms with Crippen LogP contribution >= 0.6 is 24.0 Å². The fourth-order valence-electron chi connectivity index (χ4n) is 1.23. The van der Waals surface area contributed by atoms with Crippen LogP contribution in [0.1, 0.15) is 12.5 Å². The van der Waals surface area contributed by atoms with Crippen LogP contribution in [0, 0.1) is 6.92 Å². The average Bonchev–Trinajstić information content (AvgIpc) is 2.28. The van der Waals surface area contributed by atoms with E-state index >= 15 is 0 Å². The Bertz CT molecular complexity index is 421. The summed E-state index contributed by atoms with van der Waals surface area (Å²) in [6.07, 6.45) is 0. The average molecular weight is 268 g/mol. The molecule has 0 spiro atoms. The first-order valence-electron chi connectivity index (χ1n) is 5.27. The largest absolute Gasteiger partial charge is 0.393 e. The summed E-state index contributed by atoms with van der Waals surface area (Å²) in [5.74, 6) is 0.498. The van der Waals surface area contributed by atoms with E-state index in [0.29, 0.717) is 10.7 Å². The molecule has 17 heavy (non-hydrogen) atoms. The maximum Gasteiger partial charge on any atom is 0.237 e. The molecule has 0 heterocycles. The van der Waals surface area contributed by atoms with Crippen LogP contribution in [0.25, 0.3) is 0 Å². The Morgan fingerprint density at radius 2 is 2.18 bits per heavy atom. The van der Waals surface area contributed by atoms with Gasteiger partial charge in [-0.25, -0.2) is 0 Å². The zero-order chi connectivity index (χ0) is 12.8. The van der Waals surface area contributed by atoms with Crippen molar-refractivity contribution in [3.63, 3.8) is 0 Å². The molecule has 1 rings (SSSR count). The van der Waals surface area contributed by atoms with E-state index in [2.05, 4.69) is 5.32 Å². The second-order valence-electron chi connectivity index (χ2n) is 3.72. The molecule has 0 saturated heterocycles. The normalized spacial score (nSPS) is 11.9. The molecule has 0 fully saturated rings. The molecule has 5 heteroatoms. The Labute approximate surface area is 111 Å². The van der Waals surface area contributed by atoms with Crippen molar-refractivity contribution in [3.8, 4) is 0 Å². The summed E-state index contributed by atoms with van der Waals surface area (Å²) in [4.78, 5) is 12.3. The van der Waals surface area contributed by atoms with E-state index < -0.39 is 0 Å². The Balaban J connectivity index is 2.54. The van der Waals surface area contributed by atoms with Gasteiger partial charge in [-0.15, -0.1) is 11.8 Å². The Kier molecular flexibility index (Phi) is 5.44. The standard InChI is InChI=1S/C12H16N2OS2/c1-8-5-3-4-6-10(8)14-12(15)9(2)17-7-11(13)16/h3-6,9H,7H2,1-2H3,(H2,13,16)(H,14,15). The van der Waals surface area contributed by atoms with Crippen molar-refractivity contribution in [1.29, 1.82) is 0 Å². The smallest absolute Gasteiger partial charge is 0.237 e. The number of hydrogen-bond acceptors (Lipinski definition) is 3. The summed E-state index contributed by atoms with van der Waals surface area (Å²) in [6.45, 7) is 3.80. The molecule has 0 aliphatic rings. The van der Waals surface area contributed by atoms with Crippen LogP contribution in [-0.4, -0.2) is 21.9 Å². The van der Waals surface area contributed by atoms with Gasteiger partial charge in [0, 0.05) is 11.4 Å². The lowest BCUT2D eigenvalue weighted by Crippen LogP contribution is -2.25. The topological polar surface area (TPSA) is 55.1 Å². The number of nitrogens with two attached hydrogens (primary N) is 1. The van der Waals surface area contributed by atoms with Crippen molar-refractivity contribution in [2.75, 3.05) is 11.1 Å². The number of rotatable bonds is 5. The molecule has 0 saturated carbocycles. The number of para-hydroxylation sites is 1. The molecule has 1 aromatic rings. The van der Waals surface area contributed by atoms with Gasteiger partial charge in [0.15, 0.2) is 0 Å². The minimum Gasteiger partial charge on any atom is -0.393 e. The van der Waals surface area contributed by atoms with Crippen molar-refractivity contribution in [1.82, 2.24) is 0 Å².